The second kappa shape index (κ2) is 13.5. The quantitative estimate of drug-likeness (QED) is 0.183. The maximum atomic E-state index is 13.5. The van der Waals surface area contributed by atoms with Crippen molar-refractivity contribution in [3.8, 4) is 39.9 Å². The van der Waals surface area contributed by atoms with Gasteiger partial charge in [0.15, 0.2) is 17.2 Å². The number of carbonyl (C=O) groups is 1. The third-order valence-electron chi connectivity index (χ3n) is 5.73. The number of methoxy groups -OCH3 is 2. The second-order valence-corrected chi connectivity index (χ2v) is 8.21. The minimum atomic E-state index is -0.485. The Kier molecular flexibility index (Phi) is 10.1. The van der Waals surface area contributed by atoms with E-state index >= 15 is 0 Å². The molecule has 0 saturated carbocycles. The first-order valence-corrected chi connectivity index (χ1v) is 12.6. The molecule has 1 heterocycles. The Labute approximate surface area is 213 Å². The number of unbranched alkanes of at least 4 members (excludes halogenated alkanes) is 2. The van der Waals surface area contributed by atoms with Gasteiger partial charge >= 0.3 is 5.97 Å². The highest BCUT2D eigenvalue weighted by atomic mass is 16.5. The third kappa shape index (κ3) is 5.96. The van der Waals surface area contributed by atoms with Gasteiger partial charge in [-0.1, -0.05) is 38.8 Å². The van der Waals surface area contributed by atoms with E-state index in [-0.39, 0.29) is 12.3 Å². The fourth-order valence-corrected chi connectivity index (χ4v) is 3.89. The van der Waals surface area contributed by atoms with E-state index in [9.17, 15) is 4.79 Å². The van der Waals surface area contributed by atoms with Gasteiger partial charge in [-0.2, -0.15) is 0 Å². The summed E-state index contributed by atoms with van der Waals surface area (Å²) in [7, 11) is 3.25. The fraction of sp³-hybridized carbons (Fsp3) is 0.414. The van der Waals surface area contributed by atoms with Gasteiger partial charge in [-0.25, -0.2) is 4.79 Å². The molecule has 0 aliphatic carbocycles. The number of ether oxygens (including phenoxy) is 5. The molecule has 36 heavy (non-hydrogen) atoms. The first-order chi connectivity index (χ1) is 17.6. The summed E-state index contributed by atoms with van der Waals surface area (Å²) in [6.45, 7) is 7.16. The van der Waals surface area contributed by atoms with E-state index in [0.29, 0.717) is 41.9 Å². The van der Waals surface area contributed by atoms with Crippen molar-refractivity contribution in [3.63, 3.8) is 0 Å². The number of carbonyl (C=O) groups excluding carboxylic acids is 1. The Bertz CT molecular complexity index is 1120. The molecule has 0 saturated heterocycles. The zero-order chi connectivity index (χ0) is 25.9. The summed E-state index contributed by atoms with van der Waals surface area (Å²) in [6.07, 6.45) is 3.63. The molecular formula is C29H37NO6. The van der Waals surface area contributed by atoms with E-state index < -0.39 is 5.97 Å². The van der Waals surface area contributed by atoms with Gasteiger partial charge in [-0.05, 0) is 56.2 Å². The smallest absolute Gasteiger partial charge is 0.359 e. The van der Waals surface area contributed by atoms with Crippen molar-refractivity contribution in [2.75, 3.05) is 34.0 Å². The Morgan fingerprint density at radius 2 is 1.44 bits per heavy atom. The van der Waals surface area contributed by atoms with Gasteiger partial charge in [0.1, 0.15) is 17.2 Å². The second-order valence-electron chi connectivity index (χ2n) is 8.21. The van der Waals surface area contributed by atoms with E-state index in [1.807, 2.05) is 53.1 Å². The van der Waals surface area contributed by atoms with Crippen LogP contribution < -0.4 is 18.9 Å². The Balaban J connectivity index is 2.40. The van der Waals surface area contributed by atoms with E-state index in [0.717, 1.165) is 36.9 Å². The van der Waals surface area contributed by atoms with E-state index in [4.69, 9.17) is 23.7 Å². The number of para-hydroxylation sites is 1. The lowest BCUT2D eigenvalue weighted by molar-refractivity contribution is 0.0511. The third-order valence-corrected chi connectivity index (χ3v) is 5.73. The minimum absolute atomic E-state index is 0.233. The van der Waals surface area contributed by atoms with Crippen LogP contribution in [0.25, 0.3) is 16.9 Å². The first-order valence-electron chi connectivity index (χ1n) is 12.6. The highest BCUT2D eigenvalue weighted by molar-refractivity contribution is 5.97. The zero-order valence-electron chi connectivity index (χ0n) is 22.0. The molecule has 3 rings (SSSR count). The monoisotopic (exact) mass is 495 g/mol. The maximum Gasteiger partial charge on any atom is 0.359 e. The van der Waals surface area contributed by atoms with Crippen LogP contribution in [0.15, 0.2) is 48.5 Å². The van der Waals surface area contributed by atoms with Crippen LogP contribution in [0.2, 0.25) is 0 Å². The molecule has 1 aromatic heterocycles. The van der Waals surface area contributed by atoms with Crippen molar-refractivity contribution in [2.24, 2.45) is 0 Å². The normalized spacial score (nSPS) is 10.7. The van der Waals surface area contributed by atoms with Crippen LogP contribution in [-0.4, -0.2) is 44.6 Å². The summed E-state index contributed by atoms with van der Waals surface area (Å²) >= 11 is 0. The number of hydrogen-bond donors (Lipinski definition) is 0. The fourth-order valence-electron chi connectivity index (χ4n) is 3.89. The summed E-state index contributed by atoms with van der Waals surface area (Å²) < 4.78 is 31.1. The SMILES string of the molecule is CCCCOc1c(OCCCC)c(-c2ccccc2OC)n(-c2ccc(OC)cc2)c1C(=O)OCC. The molecule has 3 aromatic rings. The molecule has 0 bridgehead atoms. The van der Waals surface area contributed by atoms with Gasteiger partial charge in [-0.15, -0.1) is 0 Å². The lowest BCUT2D eigenvalue weighted by atomic mass is 10.1. The van der Waals surface area contributed by atoms with Crippen molar-refractivity contribution in [3.05, 3.63) is 54.2 Å². The summed E-state index contributed by atoms with van der Waals surface area (Å²) in [4.78, 5) is 13.5. The van der Waals surface area contributed by atoms with Crippen LogP contribution >= 0.6 is 0 Å². The Hall–Kier alpha value is -3.61. The zero-order valence-corrected chi connectivity index (χ0v) is 22.0. The molecule has 194 valence electrons. The molecule has 0 aliphatic rings. The minimum Gasteiger partial charge on any atom is -0.497 e. The van der Waals surface area contributed by atoms with Crippen LogP contribution in [0.3, 0.4) is 0 Å². The first kappa shape index (κ1) is 27.0. The van der Waals surface area contributed by atoms with Crippen LogP contribution in [0.5, 0.6) is 23.0 Å². The highest BCUT2D eigenvalue weighted by Crippen LogP contribution is 2.48. The number of nitrogens with zero attached hydrogens (tertiary/aromatic N) is 1. The predicted octanol–water partition coefficient (Wildman–Crippen LogP) is 6.70. The summed E-state index contributed by atoms with van der Waals surface area (Å²) in [5.41, 5.74) is 2.47. The van der Waals surface area contributed by atoms with E-state index in [1.165, 1.54) is 0 Å². The Morgan fingerprint density at radius 3 is 2.03 bits per heavy atom. The number of benzene rings is 2. The molecule has 0 N–H and O–H groups in total. The van der Waals surface area contributed by atoms with Crippen molar-refractivity contribution < 1.29 is 28.5 Å². The van der Waals surface area contributed by atoms with E-state index in [1.54, 1.807) is 21.1 Å². The Morgan fingerprint density at radius 1 is 0.806 bits per heavy atom. The summed E-state index contributed by atoms with van der Waals surface area (Å²) in [6, 6.07) is 15.2. The molecule has 0 unspecified atom stereocenters. The molecule has 0 fully saturated rings. The molecule has 7 nitrogen and oxygen atoms in total. The van der Waals surface area contributed by atoms with Crippen molar-refractivity contribution in [1.29, 1.82) is 0 Å². The molecule has 2 aromatic carbocycles. The maximum absolute atomic E-state index is 13.5. The molecule has 0 radical (unpaired) electrons. The van der Waals surface area contributed by atoms with Crippen LogP contribution in [-0.2, 0) is 4.74 Å². The van der Waals surface area contributed by atoms with Crippen molar-refractivity contribution in [2.45, 2.75) is 46.5 Å². The number of hydrogen-bond acceptors (Lipinski definition) is 6. The molecule has 7 heteroatoms. The van der Waals surface area contributed by atoms with Gasteiger partial charge < -0.3 is 23.7 Å². The predicted molar refractivity (Wildman–Crippen MR) is 141 cm³/mol. The number of aromatic nitrogens is 1. The summed E-state index contributed by atoms with van der Waals surface area (Å²) in [5, 5.41) is 0. The topological polar surface area (TPSA) is 68.2 Å². The van der Waals surface area contributed by atoms with Crippen molar-refractivity contribution in [1.82, 2.24) is 4.57 Å². The van der Waals surface area contributed by atoms with E-state index in [2.05, 4.69) is 13.8 Å². The molecule has 0 aliphatic heterocycles. The van der Waals surface area contributed by atoms with Gasteiger partial charge in [0, 0.05) is 11.3 Å². The lowest BCUT2D eigenvalue weighted by Gasteiger charge is -2.16. The van der Waals surface area contributed by atoms with Gasteiger partial charge in [0.25, 0.3) is 0 Å². The van der Waals surface area contributed by atoms with Gasteiger partial charge in [-0.3, -0.25) is 4.57 Å². The van der Waals surface area contributed by atoms with Gasteiger partial charge in [0.05, 0.1) is 34.0 Å². The van der Waals surface area contributed by atoms with Gasteiger partial charge in [0.2, 0.25) is 0 Å². The average molecular weight is 496 g/mol. The standard InChI is InChI=1S/C29H37NO6/c1-6-9-19-35-27-25(23-13-11-12-14-24(23)33-5)30(21-15-17-22(32-4)18-16-21)26(29(31)34-8-3)28(27)36-20-10-7-2/h11-18H,6-10,19-20H2,1-5H3. The number of esters is 1. The lowest BCUT2D eigenvalue weighted by Crippen LogP contribution is -2.14. The van der Waals surface area contributed by atoms with Crippen LogP contribution in [0.1, 0.15) is 56.9 Å². The molecular weight excluding hydrogens is 458 g/mol. The molecule has 0 atom stereocenters. The van der Waals surface area contributed by atoms with Crippen molar-refractivity contribution >= 4 is 5.97 Å². The largest absolute Gasteiger partial charge is 0.497 e. The van der Waals surface area contributed by atoms with Crippen LogP contribution in [0.4, 0.5) is 0 Å². The number of rotatable bonds is 14. The summed E-state index contributed by atoms with van der Waals surface area (Å²) in [5.74, 6) is 1.76. The highest BCUT2D eigenvalue weighted by Gasteiger charge is 2.33. The average Bonchev–Trinajstić information content (AvgIpc) is 3.23. The molecule has 0 amide bonds. The molecule has 0 spiro atoms. The van der Waals surface area contributed by atoms with Crippen LogP contribution in [0, 0.1) is 0 Å².